The SMILES string of the molecule is COc1ccc2[nH]c(C(C)C(=O)O)cc2c1. The Balaban J connectivity index is 2.47. The van der Waals surface area contributed by atoms with E-state index >= 15 is 0 Å². The van der Waals surface area contributed by atoms with Gasteiger partial charge in [0.15, 0.2) is 0 Å². The van der Waals surface area contributed by atoms with Crippen LogP contribution in [-0.2, 0) is 4.79 Å². The number of methoxy groups -OCH3 is 1. The molecule has 0 saturated heterocycles. The largest absolute Gasteiger partial charge is 0.497 e. The lowest BCUT2D eigenvalue weighted by Crippen LogP contribution is -2.07. The number of hydrogen-bond donors (Lipinski definition) is 2. The summed E-state index contributed by atoms with van der Waals surface area (Å²) in [5, 5.41) is 9.88. The van der Waals surface area contributed by atoms with Crippen molar-refractivity contribution in [1.29, 1.82) is 0 Å². The Hall–Kier alpha value is -1.97. The van der Waals surface area contributed by atoms with Crippen LogP contribution in [0.1, 0.15) is 18.5 Å². The third kappa shape index (κ3) is 1.74. The molecule has 1 atom stereocenters. The Labute approximate surface area is 92.9 Å². The average Bonchev–Trinajstić information content (AvgIpc) is 2.69. The summed E-state index contributed by atoms with van der Waals surface area (Å²) in [6.07, 6.45) is 0. The number of aromatic nitrogens is 1. The normalized spacial score (nSPS) is 12.6. The number of fused-ring (bicyclic) bond motifs is 1. The van der Waals surface area contributed by atoms with Crippen LogP contribution in [-0.4, -0.2) is 23.2 Å². The zero-order valence-corrected chi connectivity index (χ0v) is 9.15. The molecule has 2 rings (SSSR count). The van der Waals surface area contributed by atoms with E-state index in [0.717, 1.165) is 16.7 Å². The smallest absolute Gasteiger partial charge is 0.312 e. The number of carboxylic acid groups (broad SMARTS) is 1. The van der Waals surface area contributed by atoms with Gasteiger partial charge >= 0.3 is 5.97 Å². The van der Waals surface area contributed by atoms with Crippen molar-refractivity contribution in [1.82, 2.24) is 4.98 Å². The van der Waals surface area contributed by atoms with Crippen molar-refractivity contribution in [3.05, 3.63) is 30.0 Å². The zero-order chi connectivity index (χ0) is 11.7. The number of benzene rings is 1. The first-order chi connectivity index (χ1) is 7.61. The molecule has 1 aromatic heterocycles. The van der Waals surface area contributed by atoms with Gasteiger partial charge in [0, 0.05) is 16.6 Å². The highest BCUT2D eigenvalue weighted by atomic mass is 16.5. The number of ether oxygens (including phenoxy) is 1. The van der Waals surface area contributed by atoms with Crippen LogP contribution >= 0.6 is 0 Å². The molecule has 1 aromatic carbocycles. The summed E-state index contributed by atoms with van der Waals surface area (Å²) in [6, 6.07) is 7.45. The second kappa shape index (κ2) is 3.89. The molecule has 0 amide bonds. The van der Waals surface area contributed by atoms with Gasteiger partial charge in [0.1, 0.15) is 5.75 Å². The van der Waals surface area contributed by atoms with E-state index in [9.17, 15) is 4.79 Å². The van der Waals surface area contributed by atoms with Crippen LogP contribution in [0.15, 0.2) is 24.3 Å². The first-order valence-corrected chi connectivity index (χ1v) is 5.01. The van der Waals surface area contributed by atoms with Crippen molar-refractivity contribution in [2.45, 2.75) is 12.8 Å². The number of carboxylic acids is 1. The van der Waals surface area contributed by atoms with Gasteiger partial charge in [-0.05, 0) is 31.2 Å². The molecule has 2 N–H and O–H groups in total. The topological polar surface area (TPSA) is 62.3 Å². The van der Waals surface area contributed by atoms with Gasteiger partial charge in [0.25, 0.3) is 0 Å². The maximum Gasteiger partial charge on any atom is 0.312 e. The second-order valence-electron chi connectivity index (χ2n) is 3.74. The standard InChI is InChI=1S/C12H13NO3/c1-7(12(14)15)11-6-8-5-9(16-2)3-4-10(8)13-11/h3-7,13H,1-2H3,(H,14,15). The summed E-state index contributed by atoms with van der Waals surface area (Å²) >= 11 is 0. The van der Waals surface area contributed by atoms with Gasteiger partial charge in [0.05, 0.1) is 13.0 Å². The van der Waals surface area contributed by atoms with E-state index in [1.165, 1.54) is 0 Å². The second-order valence-corrected chi connectivity index (χ2v) is 3.74. The molecule has 16 heavy (non-hydrogen) atoms. The lowest BCUT2D eigenvalue weighted by Gasteiger charge is -2.01. The Morgan fingerprint density at radius 3 is 2.81 bits per heavy atom. The minimum atomic E-state index is -0.835. The highest BCUT2D eigenvalue weighted by molar-refractivity contribution is 5.84. The van der Waals surface area contributed by atoms with Crippen molar-refractivity contribution >= 4 is 16.9 Å². The maximum absolute atomic E-state index is 10.9. The highest BCUT2D eigenvalue weighted by Gasteiger charge is 2.15. The van der Waals surface area contributed by atoms with Crippen LogP contribution < -0.4 is 4.74 Å². The van der Waals surface area contributed by atoms with E-state index in [1.54, 1.807) is 14.0 Å². The summed E-state index contributed by atoms with van der Waals surface area (Å²) in [7, 11) is 1.61. The van der Waals surface area contributed by atoms with Crippen LogP contribution in [0.3, 0.4) is 0 Å². The fourth-order valence-corrected chi connectivity index (χ4v) is 1.63. The molecule has 4 heteroatoms. The number of aliphatic carboxylic acids is 1. The number of carbonyl (C=O) groups is 1. The molecule has 0 fully saturated rings. The van der Waals surface area contributed by atoms with Crippen molar-refractivity contribution < 1.29 is 14.6 Å². The lowest BCUT2D eigenvalue weighted by atomic mass is 10.1. The van der Waals surface area contributed by atoms with E-state index in [-0.39, 0.29) is 0 Å². The molecule has 0 aliphatic rings. The van der Waals surface area contributed by atoms with Crippen LogP contribution in [0.25, 0.3) is 10.9 Å². The van der Waals surface area contributed by atoms with E-state index < -0.39 is 11.9 Å². The van der Waals surface area contributed by atoms with Crippen molar-refractivity contribution in [3.63, 3.8) is 0 Å². The summed E-state index contributed by atoms with van der Waals surface area (Å²) in [6.45, 7) is 1.66. The third-order valence-electron chi connectivity index (χ3n) is 2.69. The van der Waals surface area contributed by atoms with Gasteiger partial charge in [-0.2, -0.15) is 0 Å². The molecule has 0 spiro atoms. The number of H-pyrrole nitrogens is 1. The quantitative estimate of drug-likeness (QED) is 0.833. The van der Waals surface area contributed by atoms with Crippen LogP contribution in [0.5, 0.6) is 5.75 Å². The average molecular weight is 219 g/mol. The Morgan fingerprint density at radius 2 is 2.19 bits per heavy atom. The summed E-state index contributed by atoms with van der Waals surface area (Å²) in [5.74, 6) is -0.599. The van der Waals surface area contributed by atoms with E-state index in [2.05, 4.69) is 4.98 Å². The fraction of sp³-hybridized carbons (Fsp3) is 0.250. The lowest BCUT2D eigenvalue weighted by molar-refractivity contribution is -0.138. The number of rotatable bonds is 3. The molecule has 84 valence electrons. The summed E-state index contributed by atoms with van der Waals surface area (Å²) in [4.78, 5) is 13.9. The van der Waals surface area contributed by atoms with Crippen molar-refractivity contribution in [3.8, 4) is 5.75 Å². The van der Waals surface area contributed by atoms with Crippen molar-refractivity contribution in [2.75, 3.05) is 7.11 Å². The fourth-order valence-electron chi connectivity index (χ4n) is 1.63. The highest BCUT2D eigenvalue weighted by Crippen LogP contribution is 2.24. The number of aromatic amines is 1. The third-order valence-corrected chi connectivity index (χ3v) is 2.69. The Bertz CT molecular complexity index is 530. The van der Waals surface area contributed by atoms with Gasteiger partial charge in [-0.25, -0.2) is 0 Å². The molecule has 1 heterocycles. The monoisotopic (exact) mass is 219 g/mol. The molecule has 0 radical (unpaired) electrons. The van der Waals surface area contributed by atoms with Crippen molar-refractivity contribution in [2.24, 2.45) is 0 Å². The predicted octanol–water partition coefficient (Wildman–Crippen LogP) is 2.36. The molecular weight excluding hydrogens is 206 g/mol. The molecule has 0 aliphatic heterocycles. The Kier molecular flexibility index (Phi) is 2.56. The Morgan fingerprint density at radius 1 is 1.44 bits per heavy atom. The van der Waals surface area contributed by atoms with Crippen LogP contribution in [0.2, 0.25) is 0 Å². The van der Waals surface area contributed by atoms with E-state index in [1.807, 2.05) is 24.3 Å². The minimum absolute atomic E-state index is 0.529. The van der Waals surface area contributed by atoms with E-state index in [4.69, 9.17) is 9.84 Å². The first-order valence-electron chi connectivity index (χ1n) is 5.01. The van der Waals surface area contributed by atoms with Gasteiger partial charge in [-0.1, -0.05) is 0 Å². The molecule has 0 aliphatic carbocycles. The maximum atomic E-state index is 10.9. The molecule has 1 unspecified atom stereocenters. The number of hydrogen-bond acceptors (Lipinski definition) is 2. The molecule has 4 nitrogen and oxygen atoms in total. The minimum Gasteiger partial charge on any atom is -0.497 e. The molecule has 2 aromatic rings. The molecule has 0 saturated carbocycles. The molecular formula is C12H13NO3. The number of nitrogens with one attached hydrogen (secondary N) is 1. The van der Waals surface area contributed by atoms with Gasteiger partial charge in [-0.15, -0.1) is 0 Å². The van der Waals surface area contributed by atoms with Gasteiger partial charge in [-0.3, -0.25) is 4.79 Å². The van der Waals surface area contributed by atoms with Gasteiger partial charge in [0.2, 0.25) is 0 Å². The first kappa shape index (κ1) is 10.5. The summed E-state index contributed by atoms with van der Waals surface area (Å²) in [5.41, 5.74) is 1.62. The predicted molar refractivity (Wildman–Crippen MR) is 60.9 cm³/mol. The van der Waals surface area contributed by atoms with Gasteiger partial charge < -0.3 is 14.8 Å². The van der Waals surface area contributed by atoms with Crippen LogP contribution in [0, 0.1) is 0 Å². The van der Waals surface area contributed by atoms with Crippen LogP contribution in [0.4, 0.5) is 0 Å². The zero-order valence-electron chi connectivity index (χ0n) is 9.15. The summed E-state index contributed by atoms with van der Waals surface area (Å²) < 4.78 is 5.11. The van der Waals surface area contributed by atoms with E-state index in [0.29, 0.717) is 5.69 Å². The molecule has 0 bridgehead atoms.